The van der Waals surface area contributed by atoms with E-state index in [1.807, 2.05) is 0 Å². The second-order valence-electron chi connectivity index (χ2n) is 10.9. The van der Waals surface area contributed by atoms with E-state index in [0.717, 1.165) is 57.5 Å². The third-order valence-corrected chi connectivity index (χ3v) is 6.95. The first-order chi connectivity index (χ1) is 15.8. The molecule has 0 spiro atoms. The summed E-state index contributed by atoms with van der Waals surface area (Å²) in [5.74, 6) is 0. The summed E-state index contributed by atoms with van der Waals surface area (Å²) < 4.78 is 39.4. The Morgan fingerprint density at radius 3 is 2.03 bits per heavy atom. The van der Waals surface area contributed by atoms with E-state index in [1.165, 1.54) is 18.6 Å². The summed E-state index contributed by atoms with van der Waals surface area (Å²) >= 11 is 0. The van der Waals surface area contributed by atoms with Gasteiger partial charge in [0.1, 0.15) is 0 Å². The third kappa shape index (κ3) is 8.61. The first-order valence-electron chi connectivity index (χ1n) is 12.6. The van der Waals surface area contributed by atoms with E-state index in [-0.39, 0.29) is 11.1 Å². The molecule has 0 unspecified atom stereocenters. The van der Waals surface area contributed by atoms with Crippen molar-refractivity contribution in [3.8, 4) is 0 Å². The maximum atomic E-state index is 13.1. The molecule has 0 fully saturated rings. The van der Waals surface area contributed by atoms with Crippen LogP contribution in [0.2, 0.25) is 0 Å². The van der Waals surface area contributed by atoms with Crippen LogP contribution in [0.25, 0.3) is 0 Å². The van der Waals surface area contributed by atoms with Gasteiger partial charge in [0.05, 0.1) is 0 Å². The first-order valence-corrected chi connectivity index (χ1v) is 12.6. The normalized spacial score (nSPS) is 15.8. The van der Waals surface area contributed by atoms with Gasteiger partial charge in [0.15, 0.2) is 0 Å². The maximum Gasteiger partial charge on any atom is 0.442 e. The zero-order chi connectivity index (χ0) is 25.5. The summed E-state index contributed by atoms with van der Waals surface area (Å²) in [5.41, 5.74) is -0.837. The zero-order valence-electron chi connectivity index (χ0n) is 21.9. The number of rotatable bonds is 16. The Balaban J connectivity index is 1.81. The number of nitrogens with zero attached hydrogens (tertiary/aromatic N) is 3. The predicted octanol–water partition coefficient (Wildman–Crippen LogP) is 6.25. The summed E-state index contributed by atoms with van der Waals surface area (Å²) in [6, 6.07) is 6.40. The molecule has 0 saturated carbocycles. The van der Waals surface area contributed by atoms with E-state index in [0.29, 0.717) is 12.0 Å². The minimum absolute atomic E-state index is 0.0759. The van der Waals surface area contributed by atoms with E-state index in [9.17, 15) is 13.2 Å². The van der Waals surface area contributed by atoms with Crippen LogP contribution in [0.15, 0.2) is 34.5 Å². The molecular formula is C26H44F3N5. The topological polar surface area (TPSA) is 52.0 Å². The largest absolute Gasteiger partial charge is 0.442 e. The molecule has 1 aromatic rings. The van der Waals surface area contributed by atoms with Crippen LogP contribution in [0.5, 0.6) is 0 Å². The molecule has 1 heterocycles. The lowest BCUT2D eigenvalue weighted by atomic mass is 9.86. The summed E-state index contributed by atoms with van der Waals surface area (Å²) in [6.07, 6.45) is 0.152. The van der Waals surface area contributed by atoms with Crippen molar-refractivity contribution in [1.82, 2.24) is 15.5 Å². The number of hydrogen-bond acceptors (Lipinski definition) is 5. The number of halogens is 3. The average Bonchev–Trinajstić information content (AvgIpc) is 3.57. The van der Waals surface area contributed by atoms with E-state index in [1.54, 1.807) is 12.1 Å². The van der Waals surface area contributed by atoms with Crippen molar-refractivity contribution in [2.45, 2.75) is 91.1 Å². The molecule has 8 heteroatoms. The first kappa shape index (κ1) is 28.7. The van der Waals surface area contributed by atoms with Gasteiger partial charge in [-0.05, 0) is 44.2 Å². The van der Waals surface area contributed by atoms with Crippen molar-refractivity contribution in [2.24, 2.45) is 15.6 Å². The van der Waals surface area contributed by atoms with Crippen LogP contribution >= 0.6 is 0 Å². The summed E-state index contributed by atoms with van der Waals surface area (Å²) in [6.45, 7) is 19.0. The Hall–Kier alpha value is -1.51. The Labute approximate surface area is 204 Å². The van der Waals surface area contributed by atoms with Crippen LogP contribution in [-0.2, 0) is 12.2 Å². The van der Waals surface area contributed by atoms with Crippen LogP contribution in [0.4, 0.5) is 13.2 Å². The Morgan fingerprint density at radius 2 is 1.50 bits per heavy atom. The lowest BCUT2D eigenvalue weighted by Crippen LogP contribution is -2.45. The minimum atomic E-state index is -4.48. The van der Waals surface area contributed by atoms with E-state index >= 15 is 0 Å². The van der Waals surface area contributed by atoms with E-state index in [2.05, 4.69) is 67.3 Å². The molecular weight excluding hydrogens is 439 g/mol. The van der Waals surface area contributed by atoms with Gasteiger partial charge in [-0.2, -0.15) is 13.2 Å². The molecule has 1 aromatic carbocycles. The zero-order valence-corrected chi connectivity index (χ0v) is 21.9. The van der Waals surface area contributed by atoms with Gasteiger partial charge in [0.2, 0.25) is 0 Å². The monoisotopic (exact) mass is 483 g/mol. The Morgan fingerprint density at radius 1 is 0.882 bits per heavy atom. The number of benzene rings is 1. The number of alkyl halides is 3. The highest BCUT2D eigenvalue weighted by atomic mass is 19.4. The van der Waals surface area contributed by atoms with Crippen LogP contribution in [0.3, 0.4) is 0 Å². The fourth-order valence-corrected chi connectivity index (χ4v) is 4.01. The van der Waals surface area contributed by atoms with E-state index < -0.39 is 11.8 Å². The molecule has 2 N–H and O–H groups in total. The van der Waals surface area contributed by atoms with Gasteiger partial charge in [-0.3, -0.25) is 0 Å². The Kier molecular flexibility index (Phi) is 10.1. The van der Waals surface area contributed by atoms with Gasteiger partial charge in [0.25, 0.3) is 0 Å². The van der Waals surface area contributed by atoms with Gasteiger partial charge < -0.3 is 15.5 Å². The Bertz CT molecular complexity index is 766. The molecule has 0 aromatic heterocycles. The second-order valence-corrected chi connectivity index (χ2v) is 10.9. The average molecular weight is 484 g/mol. The highest BCUT2D eigenvalue weighted by Crippen LogP contribution is 2.52. The van der Waals surface area contributed by atoms with Crippen molar-refractivity contribution >= 4 is 0 Å². The summed E-state index contributed by atoms with van der Waals surface area (Å²) in [7, 11) is 0. The lowest BCUT2D eigenvalue weighted by molar-refractivity contribution is -0.166. The van der Waals surface area contributed by atoms with Crippen LogP contribution < -0.4 is 10.6 Å². The molecule has 1 aliphatic heterocycles. The van der Waals surface area contributed by atoms with Crippen molar-refractivity contribution < 1.29 is 13.2 Å². The van der Waals surface area contributed by atoms with Crippen LogP contribution in [0, 0.1) is 5.41 Å². The maximum absolute atomic E-state index is 13.1. The smallest absolute Gasteiger partial charge is 0.311 e. The quantitative estimate of drug-likeness (QED) is 0.273. The molecule has 0 amide bonds. The number of nitrogens with one attached hydrogen (secondary N) is 2. The molecule has 0 radical (unpaired) electrons. The van der Waals surface area contributed by atoms with Crippen molar-refractivity contribution in [1.29, 1.82) is 0 Å². The van der Waals surface area contributed by atoms with Gasteiger partial charge in [-0.25, -0.2) is 0 Å². The van der Waals surface area contributed by atoms with Crippen LogP contribution in [-0.4, -0.2) is 49.3 Å². The van der Waals surface area contributed by atoms with Crippen LogP contribution in [0.1, 0.15) is 78.4 Å². The molecule has 194 valence electrons. The van der Waals surface area contributed by atoms with Gasteiger partial charge >= 0.3 is 11.8 Å². The molecule has 0 atom stereocenters. The predicted molar refractivity (Wildman–Crippen MR) is 133 cm³/mol. The molecule has 5 nitrogen and oxygen atoms in total. The van der Waals surface area contributed by atoms with E-state index in [4.69, 9.17) is 0 Å². The third-order valence-electron chi connectivity index (χ3n) is 6.95. The fourth-order valence-electron chi connectivity index (χ4n) is 4.01. The standard InChI is InChI=1S/C26H44F3N5/c1-7-13-24(5,6)31-16-19-34(17-14-23(3,4)8-2)18-15-30-20-21-9-11-22(12-10-21)25(32-33-25)26(27,28)29/h9-12,30-31H,7-8,13-20H2,1-6H3. The lowest BCUT2D eigenvalue weighted by Gasteiger charge is -2.31. The molecule has 0 saturated heterocycles. The summed E-state index contributed by atoms with van der Waals surface area (Å²) in [4.78, 5) is 2.51. The highest BCUT2D eigenvalue weighted by Gasteiger charge is 2.65. The SMILES string of the molecule is CCCC(C)(C)NCCN(CCNCc1ccc(C2(C(F)(F)F)N=N2)cc1)CCC(C)(C)CC. The molecule has 34 heavy (non-hydrogen) atoms. The molecule has 1 aliphatic rings. The highest BCUT2D eigenvalue weighted by molar-refractivity contribution is 5.32. The summed E-state index contributed by atoms with van der Waals surface area (Å²) in [5, 5.41) is 13.7. The molecule has 0 aliphatic carbocycles. The van der Waals surface area contributed by atoms with Crippen molar-refractivity contribution in [3.05, 3.63) is 35.4 Å². The van der Waals surface area contributed by atoms with Gasteiger partial charge in [0, 0.05) is 43.8 Å². The van der Waals surface area contributed by atoms with Gasteiger partial charge in [-0.15, -0.1) is 10.2 Å². The second kappa shape index (κ2) is 12.0. The minimum Gasteiger partial charge on any atom is -0.311 e. The molecule has 0 bridgehead atoms. The number of hydrogen-bond donors (Lipinski definition) is 2. The fraction of sp³-hybridized carbons (Fsp3) is 0.769. The van der Waals surface area contributed by atoms with Crippen molar-refractivity contribution in [3.63, 3.8) is 0 Å². The van der Waals surface area contributed by atoms with Crippen molar-refractivity contribution in [2.75, 3.05) is 32.7 Å². The molecule has 2 rings (SSSR count). The van der Waals surface area contributed by atoms with Gasteiger partial charge in [-0.1, -0.05) is 64.8 Å².